The van der Waals surface area contributed by atoms with Gasteiger partial charge in [0.15, 0.2) is 0 Å². The van der Waals surface area contributed by atoms with Crippen LogP contribution in [0.2, 0.25) is 0 Å². The van der Waals surface area contributed by atoms with E-state index in [2.05, 4.69) is 0 Å². The minimum Gasteiger partial charge on any atom is -0.393 e. The second-order valence-corrected chi connectivity index (χ2v) is 3.14. The number of aliphatic hydroxyl groups excluding tert-OH is 4. The van der Waals surface area contributed by atoms with Crippen molar-refractivity contribution in [1.29, 1.82) is 0 Å². The zero-order valence-corrected chi connectivity index (χ0v) is 6.84. The molecule has 0 amide bonds. The van der Waals surface area contributed by atoms with E-state index in [0.717, 1.165) is 0 Å². The number of hydrogen-bond donors (Lipinski definition) is 4. The van der Waals surface area contributed by atoms with Gasteiger partial charge < -0.3 is 25.2 Å². The fourth-order valence-corrected chi connectivity index (χ4v) is 1.39. The maximum atomic E-state index is 9.38. The summed E-state index contributed by atoms with van der Waals surface area (Å²) in [6, 6.07) is 0. The van der Waals surface area contributed by atoms with E-state index < -0.39 is 37.1 Å². The van der Waals surface area contributed by atoms with Gasteiger partial charge in [0.2, 0.25) is 0 Å². The van der Waals surface area contributed by atoms with Crippen molar-refractivity contribution in [3.63, 3.8) is 0 Å². The molecule has 0 radical (unpaired) electrons. The van der Waals surface area contributed by atoms with E-state index in [9.17, 15) is 10.2 Å². The quantitative estimate of drug-likeness (QED) is 0.387. The van der Waals surface area contributed by atoms with Crippen molar-refractivity contribution in [2.75, 3.05) is 13.2 Å². The van der Waals surface area contributed by atoms with Gasteiger partial charge in [0.05, 0.1) is 19.3 Å². The highest BCUT2D eigenvalue weighted by Crippen LogP contribution is 2.30. The van der Waals surface area contributed by atoms with Crippen molar-refractivity contribution in [3.8, 4) is 0 Å². The molecule has 72 valence electrons. The Kier molecular flexibility index (Phi) is 2.70. The normalized spacial score (nSPS) is 40.2. The fourth-order valence-electron chi connectivity index (χ4n) is 1.39. The molecule has 5 heteroatoms. The van der Waals surface area contributed by atoms with Crippen LogP contribution in [-0.4, -0.2) is 57.6 Å². The van der Waals surface area contributed by atoms with Gasteiger partial charge in [-0.1, -0.05) is 0 Å². The van der Waals surface area contributed by atoms with E-state index >= 15 is 0 Å². The molecule has 0 aliphatic carbocycles. The maximum Gasteiger partial charge on any atom is 0.143 e. The first kappa shape index (κ1) is 9.88. The average molecular weight is 178 g/mol. The summed E-state index contributed by atoms with van der Waals surface area (Å²) in [5, 5.41) is 36.4. The molecule has 0 saturated carbocycles. The Balaban J connectivity index is 2.79. The Morgan fingerprint density at radius 3 is 1.92 bits per heavy atom. The van der Waals surface area contributed by atoms with Crippen LogP contribution in [0.5, 0.6) is 0 Å². The molecule has 1 fully saturated rings. The largest absolute Gasteiger partial charge is 0.393 e. The minimum atomic E-state index is -1.40. The summed E-state index contributed by atoms with van der Waals surface area (Å²) in [4.78, 5) is 0. The summed E-state index contributed by atoms with van der Waals surface area (Å²) in [5.74, 6) is 0. The molecule has 0 bridgehead atoms. The third kappa shape index (κ3) is 1.23. The molecule has 0 unspecified atom stereocenters. The SMILES string of the molecule is C[C@@H]1OC(CO)(CO)[C@H](O)[C@@H]1O. The Bertz CT molecular complexity index is 156. The molecule has 1 aliphatic rings. The molecule has 0 aromatic heterocycles. The highest BCUT2D eigenvalue weighted by atomic mass is 16.6. The first-order chi connectivity index (χ1) is 5.57. The molecule has 5 nitrogen and oxygen atoms in total. The van der Waals surface area contributed by atoms with E-state index in [1.165, 1.54) is 0 Å². The fraction of sp³-hybridized carbons (Fsp3) is 1.00. The summed E-state index contributed by atoms with van der Waals surface area (Å²) in [5.41, 5.74) is -1.40. The standard InChI is InChI=1S/C7H14O5/c1-4-5(10)6(11)7(2-8,3-9)12-4/h4-6,8-11H,2-3H2,1H3/t4-,5+,6+/m0/s1. The van der Waals surface area contributed by atoms with E-state index in [4.69, 9.17) is 14.9 Å². The second kappa shape index (κ2) is 3.27. The second-order valence-electron chi connectivity index (χ2n) is 3.14. The van der Waals surface area contributed by atoms with Crippen LogP contribution < -0.4 is 0 Å². The molecule has 3 atom stereocenters. The number of hydrogen-bond acceptors (Lipinski definition) is 5. The number of rotatable bonds is 2. The zero-order chi connectivity index (χ0) is 9.35. The van der Waals surface area contributed by atoms with Gasteiger partial charge >= 0.3 is 0 Å². The lowest BCUT2D eigenvalue weighted by Crippen LogP contribution is -2.49. The van der Waals surface area contributed by atoms with Crippen LogP contribution in [-0.2, 0) is 4.74 Å². The van der Waals surface area contributed by atoms with Crippen molar-refractivity contribution < 1.29 is 25.2 Å². The molecule has 0 aromatic rings. The molecule has 12 heavy (non-hydrogen) atoms. The molecular weight excluding hydrogens is 164 g/mol. The van der Waals surface area contributed by atoms with Crippen LogP contribution >= 0.6 is 0 Å². The van der Waals surface area contributed by atoms with Gasteiger partial charge in [-0.3, -0.25) is 0 Å². The van der Waals surface area contributed by atoms with Gasteiger partial charge in [-0.25, -0.2) is 0 Å². The predicted molar refractivity (Wildman–Crippen MR) is 39.5 cm³/mol. The van der Waals surface area contributed by atoms with Gasteiger partial charge in [-0.15, -0.1) is 0 Å². The van der Waals surface area contributed by atoms with E-state index in [0.29, 0.717) is 0 Å². The molecule has 1 saturated heterocycles. The first-order valence-corrected chi connectivity index (χ1v) is 3.83. The molecule has 0 spiro atoms. The molecule has 1 heterocycles. The lowest BCUT2D eigenvalue weighted by Gasteiger charge is -2.27. The van der Waals surface area contributed by atoms with Crippen LogP contribution in [0.3, 0.4) is 0 Å². The molecule has 1 aliphatic heterocycles. The Morgan fingerprint density at radius 1 is 1.25 bits per heavy atom. The predicted octanol–water partition coefficient (Wildman–Crippen LogP) is -2.15. The molecule has 4 N–H and O–H groups in total. The smallest absolute Gasteiger partial charge is 0.143 e. The Hall–Kier alpha value is -0.200. The minimum absolute atomic E-state index is 0.508. The topological polar surface area (TPSA) is 90.2 Å². The van der Waals surface area contributed by atoms with Crippen molar-refractivity contribution in [2.45, 2.75) is 30.8 Å². The number of ether oxygens (including phenoxy) is 1. The van der Waals surface area contributed by atoms with E-state index in [1.54, 1.807) is 6.92 Å². The molecular formula is C7H14O5. The Morgan fingerprint density at radius 2 is 1.75 bits per heavy atom. The van der Waals surface area contributed by atoms with E-state index in [-0.39, 0.29) is 0 Å². The number of aliphatic hydroxyl groups is 4. The lowest BCUT2D eigenvalue weighted by atomic mass is 9.96. The van der Waals surface area contributed by atoms with Crippen molar-refractivity contribution >= 4 is 0 Å². The average Bonchev–Trinajstić information content (AvgIpc) is 2.30. The highest BCUT2D eigenvalue weighted by molar-refractivity contribution is 5.00. The van der Waals surface area contributed by atoms with Crippen LogP contribution in [0.1, 0.15) is 6.92 Å². The van der Waals surface area contributed by atoms with Crippen molar-refractivity contribution in [2.24, 2.45) is 0 Å². The lowest BCUT2D eigenvalue weighted by molar-refractivity contribution is -0.133. The first-order valence-electron chi connectivity index (χ1n) is 3.83. The van der Waals surface area contributed by atoms with Gasteiger partial charge in [0.1, 0.15) is 17.8 Å². The third-order valence-corrected chi connectivity index (χ3v) is 2.30. The van der Waals surface area contributed by atoms with Gasteiger partial charge in [0.25, 0.3) is 0 Å². The summed E-state index contributed by atoms with van der Waals surface area (Å²) >= 11 is 0. The van der Waals surface area contributed by atoms with Gasteiger partial charge in [-0.2, -0.15) is 0 Å². The van der Waals surface area contributed by atoms with Crippen LogP contribution in [0, 0.1) is 0 Å². The summed E-state index contributed by atoms with van der Waals surface area (Å²) in [6.45, 7) is 0.555. The third-order valence-electron chi connectivity index (χ3n) is 2.30. The van der Waals surface area contributed by atoms with Crippen LogP contribution in [0.25, 0.3) is 0 Å². The zero-order valence-electron chi connectivity index (χ0n) is 6.84. The molecule has 0 aromatic carbocycles. The highest BCUT2D eigenvalue weighted by Gasteiger charge is 2.51. The monoisotopic (exact) mass is 178 g/mol. The van der Waals surface area contributed by atoms with E-state index in [1.807, 2.05) is 0 Å². The summed E-state index contributed by atoms with van der Waals surface area (Å²) in [7, 11) is 0. The van der Waals surface area contributed by atoms with Crippen LogP contribution in [0.4, 0.5) is 0 Å². The maximum absolute atomic E-state index is 9.38. The van der Waals surface area contributed by atoms with Crippen molar-refractivity contribution in [1.82, 2.24) is 0 Å². The van der Waals surface area contributed by atoms with Crippen molar-refractivity contribution in [3.05, 3.63) is 0 Å². The molecule has 1 rings (SSSR count). The van der Waals surface area contributed by atoms with Gasteiger partial charge in [-0.05, 0) is 6.92 Å². The summed E-state index contributed by atoms with van der Waals surface area (Å²) in [6.07, 6.45) is -2.86. The van der Waals surface area contributed by atoms with Crippen LogP contribution in [0.15, 0.2) is 0 Å². The van der Waals surface area contributed by atoms with Gasteiger partial charge in [0, 0.05) is 0 Å². The summed E-state index contributed by atoms with van der Waals surface area (Å²) < 4.78 is 5.07. The Labute approximate surface area is 70.2 Å².